The third-order valence-corrected chi connectivity index (χ3v) is 2.81. The van der Waals surface area contributed by atoms with Crippen LogP contribution in [0.15, 0.2) is 16.7 Å². The van der Waals surface area contributed by atoms with Gasteiger partial charge in [-0.3, -0.25) is 0 Å². The summed E-state index contributed by atoms with van der Waals surface area (Å²) in [5, 5.41) is 3.24. The van der Waals surface area contributed by atoms with Gasteiger partial charge in [-0.25, -0.2) is 0 Å². The first-order valence-electron chi connectivity index (χ1n) is 6.28. The zero-order valence-electron chi connectivity index (χ0n) is 10.8. The van der Waals surface area contributed by atoms with E-state index in [1.54, 1.807) is 6.26 Å². The molecule has 18 heavy (non-hydrogen) atoms. The van der Waals surface area contributed by atoms with Crippen molar-refractivity contribution in [3.63, 3.8) is 0 Å². The van der Waals surface area contributed by atoms with E-state index in [4.69, 9.17) is 4.42 Å². The van der Waals surface area contributed by atoms with Gasteiger partial charge in [0.15, 0.2) is 0 Å². The number of hydrogen-bond acceptors (Lipinski definition) is 2. The van der Waals surface area contributed by atoms with Crippen molar-refractivity contribution in [2.45, 2.75) is 51.7 Å². The van der Waals surface area contributed by atoms with Crippen molar-refractivity contribution >= 4 is 0 Å². The Morgan fingerprint density at radius 1 is 1.39 bits per heavy atom. The van der Waals surface area contributed by atoms with E-state index in [9.17, 15) is 13.2 Å². The van der Waals surface area contributed by atoms with Crippen LogP contribution in [-0.2, 0) is 0 Å². The zero-order chi connectivity index (χ0) is 13.6. The fourth-order valence-electron chi connectivity index (χ4n) is 1.89. The van der Waals surface area contributed by atoms with Crippen LogP contribution < -0.4 is 5.32 Å². The maximum absolute atomic E-state index is 12.1. The Bertz CT molecular complexity index is 346. The normalized spacial score (nSPS) is 13.8. The Morgan fingerprint density at radius 3 is 2.61 bits per heavy atom. The van der Waals surface area contributed by atoms with Crippen LogP contribution in [0.4, 0.5) is 13.2 Å². The van der Waals surface area contributed by atoms with Crippen LogP contribution in [0.2, 0.25) is 0 Å². The second kappa shape index (κ2) is 6.83. The van der Waals surface area contributed by atoms with Crippen LogP contribution in [0.25, 0.3) is 0 Å². The van der Waals surface area contributed by atoms with Gasteiger partial charge in [-0.15, -0.1) is 0 Å². The number of halogens is 3. The fourth-order valence-corrected chi connectivity index (χ4v) is 1.89. The van der Waals surface area contributed by atoms with Crippen LogP contribution in [0.1, 0.15) is 50.0 Å². The van der Waals surface area contributed by atoms with E-state index in [0.29, 0.717) is 6.42 Å². The van der Waals surface area contributed by atoms with Crippen LogP contribution in [0, 0.1) is 6.92 Å². The largest absolute Gasteiger partial charge is 0.467 e. The van der Waals surface area contributed by atoms with Crippen molar-refractivity contribution in [1.82, 2.24) is 5.32 Å². The number of rotatable bonds is 7. The van der Waals surface area contributed by atoms with Gasteiger partial charge in [0.2, 0.25) is 0 Å². The zero-order valence-corrected chi connectivity index (χ0v) is 10.8. The third-order valence-electron chi connectivity index (χ3n) is 2.81. The predicted octanol–water partition coefficient (Wildman–Crippen LogP) is 4.36. The highest BCUT2D eigenvalue weighted by atomic mass is 19.4. The molecule has 0 aliphatic carbocycles. The van der Waals surface area contributed by atoms with Crippen molar-refractivity contribution in [2.24, 2.45) is 0 Å². The van der Waals surface area contributed by atoms with E-state index in [0.717, 1.165) is 24.3 Å². The number of alkyl halides is 3. The van der Waals surface area contributed by atoms with Crippen molar-refractivity contribution < 1.29 is 17.6 Å². The van der Waals surface area contributed by atoms with Gasteiger partial charge in [0.05, 0.1) is 12.3 Å². The van der Waals surface area contributed by atoms with Gasteiger partial charge in [-0.1, -0.05) is 6.92 Å². The van der Waals surface area contributed by atoms with Crippen LogP contribution in [0.3, 0.4) is 0 Å². The second-order valence-corrected chi connectivity index (χ2v) is 4.48. The first kappa shape index (κ1) is 15.1. The van der Waals surface area contributed by atoms with E-state index >= 15 is 0 Å². The van der Waals surface area contributed by atoms with Crippen molar-refractivity contribution in [1.29, 1.82) is 0 Å². The molecule has 1 unspecified atom stereocenters. The topological polar surface area (TPSA) is 25.2 Å². The lowest BCUT2D eigenvalue weighted by Gasteiger charge is -2.17. The number of furan rings is 1. The van der Waals surface area contributed by atoms with Crippen molar-refractivity contribution in [3.05, 3.63) is 23.7 Å². The molecular formula is C13H20F3NO. The molecule has 0 spiro atoms. The molecule has 0 amide bonds. The molecule has 1 rings (SSSR count). The molecule has 1 N–H and O–H groups in total. The Hall–Kier alpha value is -0.970. The Balaban J connectivity index is 2.54. The standard InChI is InChI=1S/C13H20F3NO/c1-3-8-17-11(5-4-7-13(14,15)16)12-10(2)6-9-18-12/h6,9,11,17H,3-5,7-8H2,1-2H3. The molecule has 2 nitrogen and oxygen atoms in total. The third kappa shape index (κ3) is 5.12. The quantitative estimate of drug-likeness (QED) is 0.790. The predicted molar refractivity (Wildman–Crippen MR) is 64.4 cm³/mol. The van der Waals surface area contributed by atoms with E-state index < -0.39 is 12.6 Å². The Morgan fingerprint density at radius 2 is 2.11 bits per heavy atom. The molecule has 0 saturated heterocycles. The van der Waals surface area contributed by atoms with Crippen LogP contribution in [-0.4, -0.2) is 12.7 Å². The van der Waals surface area contributed by atoms with Gasteiger partial charge in [-0.2, -0.15) is 13.2 Å². The lowest BCUT2D eigenvalue weighted by atomic mass is 10.0. The average Bonchev–Trinajstić information content (AvgIpc) is 2.68. The minimum atomic E-state index is -4.08. The summed E-state index contributed by atoms with van der Waals surface area (Å²) in [6.07, 6.45) is -1.74. The summed E-state index contributed by atoms with van der Waals surface area (Å²) in [4.78, 5) is 0. The molecule has 5 heteroatoms. The van der Waals surface area contributed by atoms with Crippen LogP contribution in [0.5, 0.6) is 0 Å². The van der Waals surface area contributed by atoms with E-state index in [2.05, 4.69) is 5.32 Å². The highest BCUT2D eigenvalue weighted by Crippen LogP contribution is 2.28. The lowest BCUT2D eigenvalue weighted by molar-refractivity contribution is -0.135. The highest BCUT2D eigenvalue weighted by molar-refractivity contribution is 5.18. The maximum atomic E-state index is 12.1. The molecule has 0 fully saturated rings. The number of hydrogen-bond donors (Lipinski definition) is 1. The summed E-state index contributed by atoms with van der Waals surface area (Å²) in [6.45, 7) is 4.70. The summed E-state index contributed by atoms with van der Waals surface area (Å²) < 4.78 is 41.8. The fraction of sp³-hybridized carbons (Fsp3) is 0.692. The smallest absolute Gasteiger partial charge is 0.389 e. The summed E-state index contributed by atoms with van der Waals surface area (Å²) in [7, 11) is 0. The summed E-state index contributed by atoms with van der Waals surface area (Å²) in [6, 6.07) is 1.71. The summed E-state index contributed by atoms with van der Waals surface area (Å²) in [5.41, 5.74) is 0.982. The second-order valence-electron chi connectivity index (χ2n) is 4.48. The highest BCUT2D eigenvalue weighted by Gasteiger charge is 2.27. The van der Waals surface area contributed by atoms with Gasteiger partial charge in [0.1, 0.15) is 5.76 Å². The SMILES string of the molecule is CCCNC(CCCC(F)(F)F)c1occc1C. The van der Waals surface area contributed by atoms with Gasteiger partial charge in [0.25, 0.3) is 0 Å². The molecule has 0 radical (unpaired) electrons. The van der Waals surface area contributed by atoms with Gasteiger partial charge < -0.3 is 9.73 Å². The molecule has 0 aromatic carbocycles. The van der Waals surface area contributed by atoms with E-state index in [-0.39, 0.29) is 12.5 Å². The molecule has 1 atom stereocenters. The molecule has 104 valence electrons. The Labute approximate surface area is 106 Å². The van der Waals surface area contributed by atoms with Crippen molar-refractivity contribution in [2.75, 3.05) is 6.54 Å². The van der Waals surface area contributed by atoms with E-state index in [1.165, 1.54) is 0 Å². The minimum absolute atomic E-state index is 0.116. The van der Waals surface area contributed by atoms with Gasteiger partial charge in [0, 0.05) is 6.42 Å². The number of aryl methyl sites for hydroxylation is 1. The first-order chi connectivity index (χ1) is 8.44. The maximum Gasteiger partial charge on any atom is 0.389 e. The summed E-state index contributed by atoms with van der Waals surface area (Å²) >= 11 is 0. The van der Waals surface area contributed by atoms with E-state index in [1.807, 2.05) is 19.9 Å². The van der Waals surface area contributed by atoms with Crippen molar-refractivity contribution in [3.8, 4) is 0 Å². The molecule has 0 aliphatic heterocycles. The molecule has 1 aromatic heterocycles. The number of nitrogens with one attached hydrogen (secondary N) is 1. The first-order valence-corrected chi connectivity index (χ1v) is 6.28. The molecule has 1 heterocycles. The lowest BCUT2D eigenvalue weighted by Crippen LogP contribution is -2.23. The summed E-state index contributed by atoms with van der Waals surface area (Å²) in [5.74, 6) is 0.755. The van der Waals surface area contributed by atoms with Gasteiger partial charge in [-0.05, 0) is 44.4 Å². The molecular weight excluding hydrogens is 243 g/mol. The Kier molecular flexibility index (Phi) is 5.72. The molecule has 0 saturated carbocycles. The molecule has 0 bridgehead atoms. The minimum Gasteiger partial charge on any atom is -0.467 e. The molecule has 0 aliphatic rings. The van der Waals surface area contributed by atoms with Gasteiger partial charge >= 0.3 is 6.18 Å². The average molecular weight is 263 g/mol. The molecule has 1 aromatic rings. The van der Waals surface area contributed by atoms with Crippen LogP contribution >= 0.6 is 0 Å². The monoisotopic (exact) mass is 263 g/mol.